The fraction of sp³-hybridized carbons (Fsp3) is 0.533. The molecular formula is C15H18F4N2O. The van der Waals surface area contributed by atoms with Crippen LogP contribution in [0.15, 0.2) is 18.2 Å². The van der Waals surface area contributed by atoms with E-state index in [4.69, 9.17) is 5.73 Å². The van der Waals surface area contributed by atoms with Gasteiger partial charge in [0.1, 0.15) is 5.82 Å². The van der Waals surface area contributed by atoms with Crippen molar-refractivity contribution in [1.29, 1.82) is 0 Å². The Hall–Kier alpha value is -1.63. The van der Waals surface area contributed by atoms with Crippen molar-refractivity contribution in [3.05, 3.63) is 35.1 Å². The Morgan fingerprint density at radius 1 is 1.32 bits per heavy atom. The summed E-state index contributed by atoms with van der Waals surface area (Å²) in [4.78, 5) is 11.8. The Bertz CT molecular complexity index is 545. The topological polar surface area (TPSA) is 55.1 Å². The van der Waals surface area contributed by atoms with Gasteiger partial charge in [-0.3, -0.25) is 4.79 Å². The zero-order valence-corrected chi connectivity index (χ0v) is 11.9. The third-order valence-corrected chi connectivity index (χ3v) is 4.02. The zero-order chi connectivity index (χ0) is 16.3. The Balaban J connectivity index is 1.98. The van der Waals surface area contributed by atoms with Gasteiger partial charge in [0.05, 0.1) is 5.56 Å². The average Bonchev–Trinajstić information content (AvgIpc) is 2.82. The number of nitrogens with two attached hydrogens (primary N) is 1. The predicted molar refractivity (Wildman–Crippen MR) is 73.2 cm³/mol. The third kappa shape index (κ3) is 4.19. The molecule has 3 N–H and O–H groups in total. The van der Waals surface area contributed by atoms with Crippen LogP contribution in [0.3, 0.4) is 0 Å². The molecule has 0 aliphatic heterocycles. The first-order valence-corrected chi connectivity index (χ1v) is 7.15. The monoisotopic (exact) mass is 318 g/mol. The van der Waals surface area contributed by atoms with Crippen LogP contribution in [0.25, 0.3) is 0 Å². The van der Waals surface area contributed by atoms with Gasteiger partial charge in [0.15, 0.2) is 0 Å². The number of carbonyl (C=O) groups is 1. The standard InChI is InChI=1S/C15H18F4N2O/c16-11-5-4-10(12(7-11)15(17,18)19)8-21-14(22)6-9-2-1-3-13(9)20/h4-5,7,9,13H,1-3,6,8,20H2,(H,21,22)/t9-,13+/m0/s1. The molecule has 0 heterocycles. The molecule has 0 radical (unpaired) electrons. The fourth-order valence-corrected chi connectivity index (χ4v) is 2.79. The molecule has 0 bridgehead atoms. The molecule has 1 aromatic rings. The molecule has 1 fully saturated rings. The number of halogens is 4. The third-order valence-electron chi connectivity index (χ3n) is 4.02. The van der Waals surface area contributed by atoms with Gasteiger partial charge >= 0.3 is 6.18 Å². The number of hydrogen-bond donors (Lipinski definition) is 2. The number of rotatable bonds is 4. The van der Waals surface area contributed by atoms with Gasteiger partial charge in [0, 0.05) is 19.0 Å². The van der Waals surface area contributed by atoms with Crippen LogP contribution in [0.4, 0.5) is 17.6 Å². The van der Waals surface area contributed by atoms with Gasteiger partial charge < -0.3 is 11.1 Å². The maximum atomic E-state index is 13.0. The van der Waals surface area contributed by atoms with E-state index in [2.05, 4.69) is 5.32 Å². The maximum Gasteiger partial charge on any atom is 0.416 e. The first kappa shape index (κ1) is 16.7. The average molecular weight is 318 g/mol. The van der Waals surface area contributed by atoms with Gasteiger partial charge in [-0.15, -0.1) is 0 Å². The summed E-state index contributed by atoms with van der Waals surface area (Å²) in [5.41, 5.74) is 4.64. The van der Waals surface area contributed by atoms with Gasteiger partial charge in [-0.1, -0.05) is 12.5 Å². The second-order valence-electron chi connectivity index (χ2n) is 5.63. The van der Waals surface area contributed by atoms with E-state index in [9.17, 15) is 22.4 Å². The number of carbonyl (C=O) groups excluding carboxylic acids is 1. The van der Waals surface area contributed by atoms with E-state index in [-0.39, 0.29) is 36.4 Å². The molecule has 1 saturated carbocycles. The largest absolute Gasteiger partial charge is 0.416 e. The quantitative estimate of drug-likeness (QED) is 0.839. The number of benzene rings is 1. The van der Waals surface area contributed by atoms with Crippen LogP contribution in [-0.2, 0) is 17.5 Å². The minimum Gasteiger partial charge on any atom is -0.352 e. The summed E-state index contributed by atoms with van der Waals surface area (Å²) in [6.07, 6.45) is -1.75. The van der Waals surface area contributed by atoms with E-state index in [1.165, 1.54) is 0 Å². The SMILES string of the molecule is N[C@@H]1CCC[C@H]1CC(=O)NCc1ccc(F)cc1C(F)(F)F. The van der Waals surface area contributed by atoms with Crippen LogP contribution in [0.2, 0.25) is 0 Å². The summed E-state index contributed by atoms with van der Waals surface area (Å²) in [7, 11) is 0. The second-order valence-corrected chi connectivity index (χ2v) is 5.63. The van der Waals surface area contributed by atoms with Crippen LogP contribution in [0.5, 0.6) is 0 Å². The summed E-state index contributed by atoms with van der Waals surface area (Å²) >= 11 is 0. The molecule has 0 unspecified atom stereocenters. The lowest BCUT2D eigenvalue weighted by atomic mass is 9.99. The van der Waals surface area contributed by atoms with Crippen molar-refractivity contribution in [2.24, 2.45) is 11.7 Å². The van der Waals surface area contributed by atoms with E-state index in [0.717, 1.165) is 31.4 Å². The summed E-state index contributed by atoms with van der Waals surface area (Å²) in [6.45, 7) is -0.282. The molecule has 1 aliphatic carbocycles. The lowest BCUT2D eigenvalue weighted by molar-refractivity contribution is -0.138. The molecular weight excluding hydrogens is 300 g/mol. The minimum atomic E-state index is -4.66. The number of amides is 1. The molecule has 122 valence electrons. The van der Waals surface area contributed by atoms with Gasteiger partial charge in [-0.2, -0.15) is 13.2 Å². The molecule has 1 aromatic carbocycles. The smallest absolute Gasteiger partial charge is 0.352 e. The van der Waals surface area contributed by atoms with Gasteiger partial charge in [0.2, 0.25) is 5.91 Å². The van der Waals surface area contributed by atoms with Crippen LogP contribution < -0.4 is 11.1 Å². The van der Waals surface area contributed by atoms with Crippen molar-refractivity contribution in [2.75, 3.05) is 0 Å². The molecule has 7 heteroatoms. The van der Waals surface area contributed by atoms with E-state index in [1.54, 1.807) is 0 Å². The van der Waals surface area contributed by atoms with E-state index >= 15 is 0 Å². The summed E-state index contributed by atoms with van der Waals surface area (Å²) in [5.74, 6) is -1.21. The molecule has 2 rings (SSSR count). The highest BCUT2D eigenvalue weighted by atomic mass is 19.4. The van der Waals surface area contributed by atoms with Crippen LogP contribution >= 0.6 is 0 Å². The lowest BCUT2D eigenvalue weighted by Gasteiger charge is -2.16. The van der Waals surface area contributed by atoms with Crippen molar-refractivity contribution < 1.29 is 22.4 Å². The van der Waals surface area contributed by atoms with Crippen molar-refractivity contribution in [3.63, 3.8) is 0 Å². The van der Waals surface area contributed by atoms with Crippen molar-refractivity contribution in [3.8, 4) is 0 Å². The highest BCUT2D eigenvalue weighted by molar-refractivity contribution is 5.76. The van der Waals surface area contributed by atoms with Crippen molar-refractivity contribution in [1.82, 2.24) is 5.32 Å². The Morgan fingerprint density at radius 3 is 2.64 bits per heavy atom. The second kappa shape index (κ2) is 6.64. The maximum absolute atomic E-state index is 13.0. The number of hydrogen-bond acceptors (Lipinski definition) is 2. The minimum absolute atomic E-state index is 0.0256. The van der Waals surface area contributed by atoms with Crippen molar-refractivity contribution in [2.45, 2.75) is 44.4 Å². The van der Waals surface area contributed by atoms with E-state index in [0.29, 0.717) is 6.07 Å². The Labute approximate surface area is 125 Å². The summed E-state index contributed by atoms with van der Waals surface area (Å²) < 4.78 is 51.5. The lowest BCUT2D eigenvalue weighted by Crippen LogP contribution is -2.31. The molecule has 22 heavy (non-hydrogen) atoms. The molecule has 0 saturated heterocycles. The summed E-state index contributed by atoms with van der Waals surface area (Å²) in [5, 5.41) is 2.46. The molecule has 1 aliphatic rings. The first-order valence-electron chi connectivity index (χ1n) is 7.15. The highest BCUT2D eigenvalue weighted by Crippen LogP contribution is 2.32. The van der Waals surface area contributed by atoms with Crippen LogP contribution in [0, 0.1) is 11.7 Å². The molecule has 0 spiro atoms. The van der Waals surface area contributed by atoms with Gasteiger partial charge in [-0.25, -0.2) is 4.39 Å². The van der Waals surface area contributed by atoms with E-state index < -0.39 is 17.6 Å². The normalized spacial score (nSPS) is 21.9. The molecule has 1 amide bonds. The molecule has 0 aromatic heterocycles. The zero-order valence-electron chi connectivity index (χ0n) is 11.9. The highest BCUT2D eigenvalue weighted by Gasteiger charge is 2.34. The molecule has 2 atom stereocenters. The van der Waals surface area contributed by atoms with Crippen LogP contribution in [0.1, 0.15) is 36.8 Å². The molecule has 3 nitrogen and oxygen atoms in total. The van der Waals surface area contributed by atoms with E-state index in [1.807, 2.05) is 0 Å². The number of nitrogens with one attached hydrogen (secondary N) is 1. The fourth-order valence-electron chi connectivity index (χ4n) is 2.79. The van der Waals surface area contributed by atoms with Crippen molar-refractivity contribution >= 4 is 5.91 Å². The summed E-state index contributed by atoms with van der Waals surface area (Å²) in [6, 6.07) is 2.40. The Kier molecular flexibility index (Phi) is 5.05. The Morgan fingerprint density at radius 2 is 2.05 bits per heavy atom. The number of alkyl halides is 3. The first-order chi connectivity index (χ1) is 10.3. The van der Waals surface area contributed by atoms with Gasteiger partial charge in [-0.05, 0) is 36.5 Å². The predicted octanol–water partition coefficient (Wildman–Crippen LogP) is 2.98. The van der Waals surface area contributed by atoms with Crippen LogP contribution in [-0.4, -0.2) is 11.9 Å². The van der Waals surface area contributed by atoms with Gasteiger partial charge in [0.25, 0.3) is 0 Å².